The Balaban J connectivity index is 1.85. The Morgan fingerprint density at radius 2 is 2.05 bits per heavy atom. The summed E-state index contributed by atoms with van der Waals surface area (Å²) >= 11 is 0. The van der Waals surface area contributed by atoms with Gasteiger partial charge in [-0.05, 0) is 61.1 Å². The van der Waals surface area contributed by atoms with Crippen LogP contribution in [0.3, 0.4) is 0 Å². The molecule has 3 heteroatoms. The molecule has 3 nitrogen and oxygen atoms in total. The lowest BCUT2D eigenvalue weighted by atomic mass is 9.89. The first-order valence-corrected chi connectivity index (χ1v) is 7.34. The number of hydrogen-bond acceptors (Lipinski definition) is 2. The Kier molecular flexibility index (Phi) is 3.65. The van der Waals surface area contributed by atoms with Crippen molar-refractivity contribution < 1.29 is 4.74 Å². The molecule has 108 valence electrons. The molecule has 1 atom stereocenters. The Morgan fingerprint density at radius 1 is 1.24 bits per heavy atom. The lowest BCUT2D eigenvalue weighted by molar-refractivity contribution is 0.183. The van der Waals surface area contributed by atoms with E-state index in [0.29, 0.717) is 0 Å². The van der Waals surface area contributed by atoms with Gasteiger partial charge in [-0.25, -0.2) is 0 Å². The first kappa shape index (κ1) is 13.7. The number of nitrogens with two attached hydrogens (primary N) is 1. The summed E-state index contributed by atoms with van der Waals surface area (Å²) in [5, 5.41) is 7.53. The SMILES string of the molecule is Cc1cc(OC2CCCc3ccccc32)ccc1C(=N)N. The maximum atomic E-state index is 7.53. The zero-order valence-corrected chi connectivity index (χ0v) is 12.2. The van der Waals surface area contributed by atoms with Gasteiger partial charge in [-0.15, -0.1) is 0 Å². The van der Waals surface area contributed by atoms with Gasteiger partial charge in [-0.1, -0.05) is 24.3 Å². The van der Waals surface area contributed by atoms with E-state index in [9.17, 15) is 0 Å². The smallest absolute Gasteiger partial charge is 0.124 e. The van der Waals surface area contributed by atoms with Crippen LogP contribution in [0.1, 0.15) is 41.2 Å². The minimum Gasteiger partial charge on any atom is -0.486 e. The van der Waals surface area contributed by atoms with Crippen LogP contribution in [0.25, 0.3) is 0 Å². The second kappa shape index (κ2) is 5.60. The summed E-state index contributed by atoms with van der Waals surface area (Å²) in [6, 6.07) is 14.2. The Morgan fingerprint density at radius 3 is 2.81 bits per heavy atom. The van der Waals surface area contributed by atoms with Crippen LogP contribution >= 0.6 is 0 Å². The van der Waals surface area contributed by atoms with E-state index < -0.39 is 0 Å². The van der Waals surface area contributed by atoms with Gasteiger partial charge in [0.2, 0.25) is 0 Å². The van der Waals surface area contributed by atoms with E-state index >= 15 is 0 Å². The van der Waals surface area contributed by atoms with Gasteiger partial charge in [0, 0.05) is 5.56 Å². The summed E-state index contributed by atoms with van der Waals surface area (Å²) in [5.74, 6) is 0.946. The van der Waals surface area contributed by atoms with Crippen molar-refractivity contribution in [2.24, 2.45) is 5.73 Å². The number of nitrogen functional groups attached to an aromatic ring is 1. The number of nitrogens with one attached hydrogen (secondary N) is 1. The predicted molar refractivity (Wildman–Crippen MR) is 84.9 cm³/mol. The normalized spacial score (nSPS) is 17.1. The average molecular weight is 280 g/mol. The van der Waals surface area contributed by atoms with E-state index in [1.165, 1.54) is 11.1 Å². The van der Waals surface area contributed by atoms with Gasteiger partial charge in [0.15, 0.2) is 0 Å². The van der Waals surface area contributed by atoms with Crippen molar-refractivity contribution in [2.75, 3.05) is 0 Å². The molecule has 0 aromatic heterocycles. The van der Waals surface area contributed by atoms with Crippen LogP contribution in [0.4, 0.5) is 0 Å². The fourth-order valence-corrected chi connectivity index (χ4v) is 3.01. The van der Waals surface area contributed by atoms with Crippen molar-refractivity contribution in [3.63, 3.8) is 0 Å². The molecule has 2 aromatic carbocycles. The number of hydrogen-bond donors (Lipinski definition) is 2. The lowest BCUT2D eigenvalue weighted by Crippen LogP contribution is -2.16. The molecule has 1 aliphatic rings. The summed E-state index contributed by atoms with van der Waals surface area (Å²) in [4.78, 5) is 0. The van der Waals surface area contributed by atoms with E-state index in [2.05, 4.69) is 24.3 Å². The molecular weight excluding hydrogens is 260 g/mol. The van der Waals surface area contributed by atoms with Gasteiger partial charge in [-0.3, -0.25) is 5.41 Å². The van der Waals surface area contributed by atoms with E-state index in [1.807, 2.05) is 25.1 Å². The highest BCUT2D eigenvalue weighted by molar-refractivity contribution is 5.96. The highest BCUT2D eigenvalue weighted by Crippen LogP contribution is 2.33. The minimum absolute atomic E-state index is 0.0991. The second-order valence-corrected chi connectivity index (χ2v) is 5.59. The third kappa shape index (κ3) is 2.77. The van der Waals surface area contributed by atoms with Crippen LogP contribution < -0.4 is 10.5 Å². The van der Waals surface area contributed by atoms with Crippen molar-refractivity contribution in [1.29, 1.82) is 5.41 Å². The third-order valence-corrected chi connectivity index (χ3v) is 4.08. The molecule has 3 rings (SSSR count). The number of aryl methyl sites for hydroxylation is 2. The third-order valence-electron chi connectivity index (χ3n) is 4.08. The van der Waals surface area contributed by atoms with Crippen LogP contribution in [-0.4, -0.2) is 5.84 Å². The molecule has 0 saturated heterocycles. The van der Waals surface area contributed by atoms with Crippen LogP contribution in [0.15, 0.2) is 42.5 Å². The van der Waals surface area contributed by atoms with Crippen LogP contribution in [0.2, 0.25) is 0 Å². The highest BCUT2D eigenvalue weighted by Gasteiger charge is 2.21. The molecule has 1 unspecified atom stereocenters. The lowest BCUT2D eigenvalue weighted by Gasteiger charge is -2.26. The van der Waals surface area contributed by atoms with E-state index in [1.54, 1.807) is 0 Å². The molecule has 0 amide bonds. The molecule has 0 bridgehead atoms. The maximum absolute atomic E-state index is 7.53. The summed E-state index contributed by atoms with van der Waals surface area (Å²) in [7, 11) is 0. The van der Waals surface area contributed by atoms with Gasteiger partial charge >= 0.3 is 0 Å². The summed E-state index contributed by atoms with van der Waals surface area (Å²) in [6.45, 7) is 1.96. The monoisotopic (exact) mass is 280 g/mol. The number of rotatable bonds is 3. The standard InChI is InChI=1S/C18H20N2O/c1-12-11-14(9-10-15(12)18(19)20)21-17-8-4-6-13-5-2-3-7-16(13)17/h2-3,5,7,9-11,17H,4,6,8H2,1H3,(H3,19,20). The number of amidine groups is 1. The molecular formula is C18H20N2O. The highest BCUT2D eigenvalue weighted by atomic mass is 16.5. The quantitative estimate of drug-likeness (QED) is 0.664. The molecule has 0 heterocycles. The average Bonchev–Trinajstić information content (AvgIpc) is 2.47. The Bertz CT molecular complexity index is 679. The van der Waals surface area contributed by atoms with Crippen molar-refractivity contribution >= 4 is 5.84 Å². The van der Waals surface area contributed by atoms with Crippen molar-refractivity contribution in [2.45, 2.75) is 32.3 Å². The largest absolute Gasteiger partial charge is 0.486 e. The van der Waals surface area contributed by atoms with Crippen molar-refractivity contribution in [3.8, 4) is 5.75 Å². The van der Waals surface area contributed by atoms with Crippen molar-refractivity contribution in [1.82, 2.24) is 0 Å². The molecule has 0 aliphatic heterocycles. The summed E-state index contributed by atoms with van der Waals surface area (Å²) in [5.41, 5.74) is 10.00. The van der Waals surface area contributed by atoms with Gasteiger partial charge in [0.05, 0.1) is 0 Å². The molecule has 0 fully saturated rings. The first-order chi connectivity index (χ1) is 10.1. The fraction of sp³-hybridized carbons (Fsp3) is 0.278. The maximum Gasteiger partial charge on any atom is 0.124 e. The Hall–Kier alpha value is -2.29. The van der Waals surface area contributed by atoms with Crippen LogP contribution in [0, 0.1) is 12.3 Å². The topological polar surface area (TPSA) is 59.1 Å². The molecule has 21 heavy (non-hydrogen) atoms. The Labute approximate surface area is 125 Å². The molecule has 3 N–H and O–H groups in total. The fourth-order valence-electron chi connectivity index (χ4n) is 3.01. The van der Waals surface area contributed by atoms with Crippen LogP contribution in [-0.2, 0) is 6.42 Å². The van der Waals surface area contributed by atoms with Gasteiger partial charge in [-0.2, -0.15) is 0 Å². The van der Waals surface area contributed by atoms with Crippen LogP contribution in [0.5, 0.6) is 5.75 Å². The summed E-state index contributed by atoms with van der Waals surface area (Å²) < 4.78 is 6.19. The van der Waals surface area contributed by atoms with Gasteiger partial charge in [0.1, 0.15) is 17.7 Å². The van der Waals surface area contributed by atoms with Gasteiger partial charge < -0.3 is 10.5 Å². The molecule has 0 radical (unpaired) electrons. The number of ether oxygens (including phenoxy) is 1. The number of benzene rings is 2. The molecule has 2 aromatic rings. The number of fused-ring (bicyclic) bond motifs is 1. The molecule has 0 spiro atoms. The van der Waals surface area contributed by atoms with E-state index in [0.717, 1.165) is 36.1 Å². The zero-order valence-electron chi connectivity index (χ0n) is 12.2. The van der Waals surface area contributed by atoms with E-state index in [4.69, 9.17) is 15.9 Å². The molecule has 0 saturated carbocycles. The second-order valence-electron chi connectivity index (χ2n) is 5.59. The van der Waals surface area contributed by atoms with Crippen molar-refractivity contribution in [3.05, 3.63) is 64.7 Å². The summed E-state index contributed by atoms with van der Waals surface area (Å²) in [6.07, 6.45) is 3.47. The zero-order chi connectivity index (χ0) is 14.8. The first-order valence-electron chi connectivity index (χ1n) is 7.34. The predicted octanol–water partition coefficient (Wildman–Crippen LogP) is 3.74. The minimum atomic E-state index is 0.0991. The van der Waals surface area contributed by atoms with E-state index in [-0.39, 0.29) is 11.9 Å². The molecule has 1 aliphatic carbocycles. The van der Waals surface area contributed by atoms with Gasteiger partial charge in [0.25, 0.3) is 0 Å².